The first-order valence-electron chi connectivity index (χ1n) is 5.35. The average Bonchev–Trinajstić information content (AvgIpc) is 2.77. The standard InChI is InChI=1S/C11H16N2O4/c1-8(9-3-2-6-17-9)13-10(14)7-12-5-4-11(15)16/h2-3,6,8,12H,4-5,7H2,1H3,(H,13,14)(H,15,16). The van der Waals surface area contributed by atoms with Crippen LogP contribution in [0.1, 0.15) is 25.1 Å². The second-order valence-electron chi connectivity index (χ2n) is 3.63. The second kappa shape index (κ2) is 6.70. The molecule has 1 amide bonds. The van der Waals surface area contributed by atoms with Gasteiger partial charge in [0.05, 0.1) is 25.3 Å². The summed E-state index contributed by atoms with van der Waals surface area (Å²) in [5.74, 6) is -0.398. The number of rotatable bonds is 7. The lowest BCUT2D eigenvalue weighted by Crippen LogP contribution is -2.36. The molecule has 3 N–H and O–H groups in total. The molecule has 0 aliphatic heterocycles. The highest BCUT2D eigenvalue weighted by Crippen LogP contribution is 2.11. The Morgan fingerprint density at radius 3 is 2.88 bits per heavy atom. The van der Waals surface area contributed by atoms with Crippen LogP contribution < -0.4 is 10.6 Å². The number of carbonyl (C=O) groups excluding carboxylic acids is 1. The van der Waals surface area contributed by atoms with Crippen molar-refractivity contribution < 1.29 is 19.1 Å². The molecule has 0 aliphatic carbocycles. The molecule has 0 saturated heterocycles. The first-order valence-corrected chi connectivity index (χ1v) is 5.35. The monoisotopic (exact) mass is 240 g/mol. The maximum atomic E-state index is 11.4. The van der Waals surface area contributed by atoms with Crippen LogP contribution in [0.4, 0.5) is 0 Å². The molecule has 1 unspecified atom stereocenters. The van der Waals surface area contributed by atoms with Crippen molar-refractivity contribution in [3.63, 3.8) is 0 Å². The minimum Gasteiger partial charge on any atom is -0.481 e. The van der Waals surface area contributed by atoms with Crippen molar-refractivity contribution in [3.05, 3.63) is 24.2 Å². The van der Waals surface area contributed by atoms with E-state index >= 15 is 0 Å². The van der Waals surface area contributed by atoms with Gasteiger partial charge in [-0.15, -0.1) is 0 Å². The summed E-state index contributed by atoms with van der Waals surface area (Å²) >= 11 is 0. The number of hydrogen-bond acceptors (Lipinski definition) is 4. The van der Waals surface area contributed by atoms with Gasteiger partial charge in [-0.25, -0.2) is 0 Å². The van der Waals surface area contributed by atoms with Crippen LogP contribution in [0.3, 0.4) is 0 Å². The first kappa shape index (κ1) is 13.2. The van der Waals surface area contributed by atoms with Gasteiger partial charge in [0, 0.05) is 6.54 Å². The molecule has 6 nitrogen and oxygen atoms in total. The zero-order chi connectivity index (χ0) is 12.7. The SMILES string of the molecule is CC(NC(=O)CNCCC(=O)O)c1ccco1. The first-order chi connectivity index (χ1) is 8.09. The van der Waals surface area contributed by atoms with Gasteiger partial charge in [-0.3, -0.25) is 9.59 Å². The van der Waals surface area contributed by atoms with Crippen LogP contribution in [0, 0.1) is 0 Å². The summed E-state index contributed by atoms with van der Waals surface area (Å²) in [5.41, 5.74) is 0. The molecule has 0 aromatic carbocycles. The van der Waals surface area contributed by atoms with Crippen molar-refractivity contribution in [2.24, 2.45) is 0 Å². The summed E-state index contributed by atoms with van der Waals surface area (Å²) in [6, 6.07) is 3.34. The quantitative estimate of drug-likeness (QED) is 0.604. The molecule has 1 rings (SSSR count). The lowest BCUT2D eigenvalue weighted by atomic mass is 10.2. The molecule has 6 heteroatoms. The van der Waals surface area contributed by atoms with Crippen LogP contribution in [0.2, 0.25) is 0 Å². The second-order valence-corrected chi connectivity index (χ2v) is 3.63. The highest BCUT2D eigenvalue weighted by molar-refractivity contribution is 5.78. The molecule has 0 saturated carbocycles. The van der Waals surface area contributed by atoms with Crippen LogP contribution in [0.15, 0.2) is 22.8 Å². The van der Waals surface area contributed by atoms with Crippen LogP contribution >= 0.6 is 0 Å². The molecule has 17 heavy (non-hydrogen) atoms. The Hall–Kier alpha value is -1.82. The maximum absolute atomic E-state index is 11.4. The zero-order valence-corrected chi connectivity index (χ0v) is 9.60. The van der Waals surface area contributed by atoms with Gasteiger partial charge in [0.1, 0.15) is 5.76 Å². The van der Waals surface area contributed by atoms with Crippen LogP contribution in [-0.2, 0) is 9.59 Å². The molecule has 0 aliphatic rings. The van der Waals surface area contributed by atoms with Gasteiger partial charge in [0.25, 0.3) is 0 Å². The van der Waals surface area contributed by atoms with Gasteiger partial charge in [-0.05, 0) is 19.1 Å². The summed E-state index contributed by atoms with van der Waals surface area (Å²) < 4.78 is 5.14. The smallest absolute Gasteiger partial charge is 0.304 e. The minimum atomic E-state index is -0.887. The normalized spacial score (nSPS) is 12.1. The fraction of sp³-hybridized carbons (Fsp3) is 0.455. The van der Waals surface area contributed by atoms with E-state index in [1.54, 1.807) is 18.4 Å². The molecule has 0 spiro atoms. The Morgan fingerprint density at radius 2 is 2.29 bits per heavy atom. The molecule has 1 aromatic heterocycles. The summed E-state index contributed by atoms with van der Waals surface area (Å²) in [7, 11) is 0. The molecular weight excluding hydrogens is 224 g/mol. The van der Waals surface area contributed by atoms with Crippen molar-refractivity contribution in [1.82, 2.24) is 10.6 Å². The highest BCUT2D eigenvalue weighted by atomic mass is 16.4. The van der Waals surface area contributed by atoms with Crippen molar-refractivity contribution in [3.8, 4) is 0 Å². The van der Waals surface area contributed by atoms with E-state index in [0.717, 1.165) is 0 Å². The van der Waals surface area contributed by atoms with E-state index < -0.39 is 5.97 Å². The van der Waals surface area contributed by atoms with Crippen LogP contribution in [0.5, 0.6) is 0 Å². The minimum absolute atomic E-state index is 0.00101. The van der Waals surface area contributed by atoms with Crippen molar-refractivity contribution in [2.45, 2.75) is 19.4 Å². The van der Waals surface area contributed by atoms with Crippen molar-refractivity contribution in [1.29, 1.82) is 0 Å². The molecular formula is C11H16N2O4. The Balaban J connectivity index is 2.19. The molecule has 1 atom stereocenters. The molecule has 0 bridgehead atoms. The molecule has 1 heterocycles. The number of furan rings is 1. The Morgan fingerprint density at radius 1 is 1.53 bits per heavy atom. The number of carboxylic acids is 1. The summed E-state index contributed by atoms with van der Waals surface area (Å²) in [5, 5.41) is 13.9. The predicted molar refractivity (Wildman–Crippen MR) is 60.4 cm³/mol. The molecule has 0 radical (unpaired) electrons. The number of aliphatic carboxylic acids is 1. The van der Waals surface area contributed by atoms with Gasteiger partial charge < -0.3 is 20.2 Å². The van der Waals surface area contributed by atoms with E-state index in [1.165, 1.54) is 0 Å². The predicted octanol–water partition coefficient (Wildman–Crippen LogP) is 0.521. The summed E-state index contributed by atoms with van der Waals surface area (Å²) in [4.78, 5) is 21.7. The van der Waals surface area contributed by atoms with Gasteiger partial charge >= 0.3 is 5.97 Å². The third-order valence-corrected chi connectivity index (χ3v) is 2.15. The third kappa shape index (κ3) is 5.17. The summed E-state index contributed by atoms with van der Waals surface area (Å²) in [6.45, 7) is 2.18. The fourth-order valence-corrected chi connectivity index (χ4v) is 1.30. The van der Waals surface area contributed by atoms with Gasteiger partial charge in [0.15, 0.2) is 0 Å². The number of carbonyl (C=O) groups is 2. The molecule has 0 fully saturated rings. The topological polar surface area (TPSA) is 91.6 Å². The van der Waals surface area contributed by atoms with Crippen LogP contribution in [-0.4, -0.2) is 30.1 Å². The van der Waals surface area contributed by atoms with E-state index in [2.05, 4.69) is 10.6 Å². The number of hydrogen-bond donors (Lipinski definition) is 3. The van der Waals surface area contributed by atoms with Crippen LogP contribution in [0.25, 0.3) is 0 Å². The number of carboxylic acid groups (broad SMARTS) is 1. The fourth-order valence-electron chi connectivity index (χ4n) is 1.30. The van der Waals surface area contributed by atoms with Gasteiger partial charge in [-0.1, -0.05) is 0 Å². The maximum Gasteiger partial charge on any atom is 0.304 e. The van der Waals surface area contributed by atoms with Gasteiger partial charge in [0.2, 0.25) is 5.91 Å². The lowest BCUT2D eigenvalue weighted by Gasteiger charge is -2.11. The van der Waals surface area contributed by atoms with E-state index in [1.807, 2.05) is 6.92 Å². The largest absolute Gasteiger partial charge is 0.481 e. The molecule has 94 valence electrons. The van der Waals surface area contributed by atoms with Crippen molar-refractivity contribution in [2.75, 3.05) is 13.1 Å². The average molecular weight is 240 g/mol. The van der Waals surface area contributed by atoms with E-state index in [4.69, 9.17) is 9.52 Å². The third-order valence-electron chi connectivity index (χ3n) is 2.15. The van der Waals surface area contributed by atoms with E-state index in [-0.39, 0.29) is 31.5 Å². The van der Waals surface area contributed by atoms with Crippen molar-refractivity contribution >= 4 is 11.9 Å². The lowest BCUT2D eigenvalue weighted by molar-refractivity contribution is -0.137. The Bertz CT molecular complexity index is 362. The Kier molecular flexibility index (Phi) is 5.22. The molecule has 1 aromatic rings. The highest BCUT2D eigenvalue weighted by Gasteiger charge is 2.11. The number of amides is 1. The van der Waals surface area contributed by atoms with E-state index in [9.17, 15) is 9.59 Å². The Labute approximate surface area is 99.0 Å². The van der Waals surface area contributed by atoms with Gasteiger partial charge in [-0.2, -0.15) is 0 Å². The van der Waals surface area contributed by atoms with E-state index in [0.29, 0.717) is 5.76 Å². The summed E-state index contributed by atoms with van der Waals surface area (Å²) in [6.07, 6.45) is 1.55. The number of nitrogens with one attached hydrogen (secondary N) is 2. The zero-order valence-electron chi connectivity index (χ0n) is 9.60.